The van der Waals surface area contributed by atoms with Gasteiger partial charge < -0.3 is 9.84 Å². The standard InChI is InChI=1S/C14H29NO3S/c1-5-18-13(17)14(4,15-12(2)3)8-6-10-19-11-7-9-16/h12,15-16H,5-11H2,1-4H3. The van der Waals surface area contributed by atoms with Gasteiger partial charge in [0.1, 0.15) is 5.54 Å². The van der Waals surface area contributed by atoms with Crippen LogP contribution in [0.5, 0.6) is 0 Å². The molecule has 0 spiro atoms. The third-order valence-electron chi connectivity index (χ3n) is 2.75. The molecule has 0 heterocycles. The molecule has 0 aliphatic rings. The van der Waals surface area contributed by atoms with Gasteiger partial charge in [0.2, 0.25) is 0 Å². The number of thioether (sulfide) groups is 1. The molecule has 0 aromatic heterocycles. The Bertz CT molecular complexity index is 249. The summed E-state index contributed by atoms with van der Waals surface area (Å²) in [4.78, 5) is 12.0. The zero-order valence-corrected chi connectivity index (χ0v) is 13.5. The Balaban J connectivity index is 4.16. The number of nitrogens with one attached hydrogen (secondary N) is 1. The summed E-state index contributed by atoms with van der Waals surface area (Å²) in [7, 11) is 0. The van der Waals surface area contributed by atoms with Crippen molar-refractivity contribution in [2.45, 2.75) is 58.5 Å². The molecule has 0 saturated heterocycles. The van der Waals surface area contributed by atoms with Gasteiger partial charge in [-0.3, -0.25) is 10.1 Å². The molecule has 5 heteroatoms. The van der Waals surface area contributed by atoms with Gasteiger partial charge in [0.25, 0.3) is 0 Å². The molecule has 0 amide bonds. The van der Waals surface area contributed by atoms with E-state index in [-0.39, 0.29) is 18.6 Å². The summed E-state index contributed by atoms with van der Waals surface area (Å²) in [6, 6.07) is 0.247. The zero-order chi connectivity index (χ0) is 14.7. The highest BCUT2D eigenvalue weighted by Gasteiger charge is 2.34. The quantitative estimate of drug-likeness (QED) is 0.451. The first-order chi connectivity index (χ1) is 8.96. The second-order valence-corrected chi connectivity index (χ2v) is 6.37. The van der Waals surface area contributed by atoms with Crippen LogP contribution in [0.3, 0.4) is 0 Å². The molecule has 0 bridgehead atoms. The second-order valence-electron chi connectivity index (χ2n) is 5.14. The molecule has 1 unspecified atom stereocenters. The van der Waals surface area contributed by atoms with Crippen LogP contribution in [-0.2, 0) is 9.53 Å². The highest BCUT2D eigenvalue weighted by molar-refractivity contribution is 7.99. The molecular weight excluding hydrogens is 262 g/mol. The van der Waals surface area contributed by atoms with E-state index >= 15 is 0 Å². The predicted octanol–water partition coefficient (Wildman–Crippen LogP) is 2.20. The number of hydrogen-bond acceptors (Lipinski definition) is 5. The minimum Gasteiger partial charge on any atom is -0.465 e. The van der Waals surface area contributed by atoms with Crippen molar-refractivity contribution in [2.75, 3.05) is 24.7 Å². The second kappa shape index (κ2) is 10.5. The van der Waals surface area contributed by atoms with Gasteiger partial charge in [-0.2, -0.15) is 11.8 Å². The summed E-state index contributed by atoms with van der Waals surface area (Å²) in [5.41, 5.74) is -0.596. The van der Waals surface area contributed by atoms with E-state index in [2.05, 4.69) is 5.32 Å². The van der Waals surface area contributed by atoms with Crippen molar-refractivity contribution < 1.29 is 14.6 Å². The number of carbonyl (C=O) groups excluding carboxylic acids is 1. The topological polar surface area (TPSA) is 58.6 Å². The molecule has 114 valence electrons. The lowest BCUT2D eigenvalue weighted by atomic mass is 9.95. The Hall–Kier alpha value is -0.260. The highest BCUT2D eigenvalue weighted by atomic mass is 32.2. The van der Waals surface area contributed by atoms with Crippen LogP contribution in [0.1, 0.15) is 47.0 Å². The molecule has 2 N–H and O–H groups in total. The molecule has 0 aromatic carbocycles. The summed E-state index contributed by atoms with van der Waals surface area (Å²) in [6.07, 6.45) is 2.57. The summed E-state index contributed by atoms with van der Waals surface area (Å²) < 4.78 is 5.16. The first-order valence-electron chi connectivity index (χ1n) is 7.09. The van der Waals surface area contributed by atoms with Crippen LogP contribution in [-0.4, -0.2) is 47.4 Å². The van der Waals surface area contributed by atoms with E-state index in [1.54, 1.807) is 0 Å². The lowest BCUT2D eigenvalue weighted by molar-refractivity contribution is -0.151. The maximum atomic E-state index is 12.0. The van der Waals surface area contributed by atoms with Crippen molar-refractivity contribution >= 4 is 17.7 Å². The molecule has 0 rings (SSSR count). The van der Waals surface area contributed by atoms with Crippen molar-refractivity contribution in [3.8, 4) is 0 Å². The smallest absolute Gasteiger partial charge is 0.326 e. The number of ether oxygens (including phenoxy) is 1. The Morgan fingerprint density at radius 2 is 2.00 bits per heavy atom. The SMILES string of the molecule is CCOC(=O)C(C)(CCCSCCCO)NC(C)C. The lowest BCUT2D eigenvalue weighted by Gasteiger charge is -2.30. The largest absolute Gasteiger partial charge is 0.465 e. The van der Waals surface area contributed by atoms with Crippen molar-refractivity contribution in [3.63, 3.8) is 0 Å². The van der Waals surface area contributed by atoms with Crippen LogP contribution < -0.4 is 5.32 Å². The van der Waals surface area contributed by atoms with Crippen LogP contribution >= 0.6 is 11.8 Å². The van der Waals surface area contributed by atoms with Crippen LogP contribution in [0.25, 0.3) is 0 Å². The molecule has 0 saturated carbocycles. The fourth-order valence-corrected chi connectivity index (χ4v) is 2.84. The minimum atomic E-state index is -0.596. The van der Waals surface area contributed by atoms with Crippen LogP contribution in [0, 0.1) is 0 Å². The number of aliphatic hydroxyl groups excluding tert-OH is 1. The van der Waals surface area contributed by atoms with Crippen molar-refractivity contribution in [1.82, 2.24) is 5.32 Å². The first kappa shape index (κ1) is 18.7. The van der Waals surface area contributed by atoms with E-state index in [9.17, 15) is 4.79 Å². The summed E-state index contributed by atoms with van der Waals surface area (Å²) in [5, 5.41) is 12.0. The van der Waals surface area contributed by atoms with E-state index in [1.165, 1.54) is 0 Å². The lowest BCUT2D eigenvalue weighted by Crippen LogP contribution is -2.53. The predicted molar refractivity (Wildman–Crippen MR) is 81.6 cm³/mol. The monoisotopic (exact) mass is 291 g/mol. The van der Waals surface area contributed by atoms with E-state index in [0.717, 1.165) is 30.8 Å². The molecule has 4 nitrogen and oxygen atoms in total. The van der Waals surface area contributed by atoms with Crippen molar-refractivity contribution in [1.29, 1.82) is 0 Å². The first-order valence-corrected chi connectivity index (χ1v) is 8.25. The number of carbonyl (C=O) groups is 1. The number of rotatable bonds is 11. The van der Waals surface area contributed by atoms with Crippen LogP contribution in [0.4, 0.5) is 0 Å². The Labute approximate surface area is 121 Å². The average molecular weight is 291 g/mol. The average Bonchev–Trinajstić information content (AvgIpc) is 2.33. The minimum absolute atomic E-state index is 0.163. The molecule has 0 fully saturated rings. The molecule has 0 aliphatic carbocycles. The maximum absolute atomic E-state index is 12.0. The van der Waals surface area contributed by atoms with E-state index < -0.39 is 5.54 Å². The number of aliphatic hydroxyl groups is 1. The summed E-state index contributed by atoms with van der Waals surface area (Å²) >= 11 is 1.82. The van der Waals surface area contributed by atoms with Crippen molar-refractivity contribution in [2.24, 2.45) is 0 Å². The molecule has 19 heavy (non-hydrogen) atoms. The highest BCUT2D eigenvalue weighted by Crippen LogP contribution is 2.18. The third-order valence-corrected chi connectivity index (χ3v) is 3.90. The Kier molecular flexibility index (Phi) is 10.4. The van der Waals surface area contributed by atoms with Gasteiger partial charge in [0.05, 0.1) is 6.61 Å². The van der Waals surface area contributed by atoms with E-state index in [0.29, 0.717) is 6.61 Å². The Morgan fingerprint density at radius 3 is 2.53 bits per heavy atom. The fraction of sp³-hybridized carbons (Fsp3) is 0.929. The van der Waals surface area contributed by atoms with E-state index in [1.807, 2.05) is 39.5 Å². The zero-order valence-electron chi connectivity index (χ0n) is 12.7. The molecule has 0 aliphatic heterocycles. The van der Waals surface area contributed by atoms with Gasteiger partial charge in [-0.15, -0.1) is 0 Å². The molecular formula is C14H29NO3S. The van der Waals surface area contributed by atoms with Gasteiger partial charge in [0, 0.05) is 12.6 Å². The van der Waals surface area contributed by atoms with Gasteiger partial charge in [-0.25, -0.2) is 0 Å². The van der Waals surface area contributed by atoms with Gasteiger partial charge >= 0.3 is 5.97 Å². The third kappa shape index (κ3) is 8.50. The maximum Gasteiger partial charge on any atom is 0.326 e. The number of hydrogen-bond donors (Lipinski definition) is 2. The van der Waals surface area contributed by atoms with Crippen LogP contribution in [0.2, 0.25) is 0 Å². The van der Waals surface area contributed by atoms with E-state index in [4.69, 9.17) is 9.84 Å². The molecule has 1 atom stereocenters. The molecule has 0 aromatic rings. The normalized spacial score (nSPS) is 14.4. The van der Waals surface area contributed by atoms with Crippen LogP contribution in [0.15, 0.2) is 0 Å². The molecule has 0 radical (unpaired) electrons. The fourth-order valence-electron chi connectivity index (χ4n) is 1.96. The van der Waals surface area contributed by atoms with Gasteiger partial charge in [-0.1, -0.05) is 0 Å². The summed E-state index contributed by atoms with van der Waals surface area (Å²) in [5.74, 6) is 1.82. The van der Waals surface area contributed by atoms with Gasteiger partial charge in [-0.05, 0) is 58.5 Å². The van der Waals surface area contributed by atoms with Gasteiger partial charge in [0.15, 0.2) is 0 Å². The van der Waals surface area contributed by atoms with Crippen molar-refractivity contribution in [3.05, 3.63) is 0 Å². The Morgan fingerprint density at radius 1 is 1.37 bits per heavy atom. The summed E-state index contributed by atoms with van der Waals surface area (Å²) in [6.45, 7) is 8.49. The number of esters is 1.